The molecule has 18 heavy (non-hydrogen) atoms. The molecule has 0 aliphatic heterocycles. The number of anilines is 1. The molecule has 1 N–H and O–H groups in total. The number of rotatable bonds is 5. The molecule has 96 valence electrons. The molecule has 0 atom stereocenters. The zero-order valence-electron chi connectivity index (χ0n) is 11.1. The smallest absolute Gasteiger partial charge is 0.126 e. The Labute approximate surface area is 108 Å². The molecular weight excluding hydrogens is 226 g/mol. The number of pyridine rings is 1. The fourth-order valence-electron chi connectivity index (χ4n) is 1.91. The van der Waals surface area contributed by atoms with Crippen LogP contribution in [0.3, 0.4) is 0 Å². The second-order valence-corrected chi connectivity index (χ2v) is 4.44. The average molecular weight is 245 g/mol. The summed E-state index contributed by atoms with van der Waals surface area (Å²) in [7, 11) is 3.96. The van der Waals surface area contributed by atoms with Gasteiger partial charge in [-0.2, -0.15) is 0 Å². The minimum absolute atomic E-state index is 0.820. The molecule has 2 rings (SSSR count). The highest BCUT2D eigenvalue weighted by Crippen LogP contribution is 2.13. The third-order valence-corrected chi connectivity index (χ3v) is 2.90. The fraction of sp³-hybridized carbons (Fsp3) is 0.357. The van der Waals surface area contributed by atoms with Crippen LogP contribution in [-0.2, 0) is 13.1 Å². The molecule has 0 spiro atoms. The number of aryl methyl sites for hydroxylation is 1. The van der Waals surface area contributed by atoms with E-state index in [1.807, 2.05) is 38.2 Å². The van der Waals surface area contributed by atoms with Gasteiger partial charge >= 0.3 is 0 Å². The summed E-state index contributed by atoms with van der Waals surface area (Å²) in [6.07, 6.45) is 1.73. The van der Waals surface area contributed by atoms with Crippen LogP contribution in [0, 0.1) is 6.92 Å². The van der Waals surface area contributed by atoms with E-state index in [1.54, 1.807) is 6.26 Å². The van der Waals surface area contributed by atoms with Gasteiger partial charge in [-0.3, -0.25) is 4.90 Å². The van der Waals surface area contributed by atoms with Crippen molar-refractivity contribution in [2.24, 2.45) is 0 Å². The maximum atomic E-state index is 5.30. The van der Waals surface area contributed by atoms with Gasteiger partial charge in [0.25, 0.3) is 0 Å². The lowest BCUT2D eigenvalue weighted by atomic mass is 10.2. The second kappa shape index (κ2) is 5.69. The summed E-state index contributed by atoms with van der Waals surface area (Å²) in [5, 5.41) is 3.05. The van der Waals surface area contributed by atoms with E-state index >= 15 is 0 Å². The van der Waals surface area contributed by atoms with Gasteiger partial charge < -0.3 is 9.73 Å². The molecule has 0 amide bonds. The number of nitrogens with zero attached hydrogens (tertiary/aromatic N) is 2. The Morgan fingerprint density at radius 1 is 1.28 bits per heavy atom. The van der Waals surface area contributed by atoms with Gasteiger partial charge in [0.05, 0.1) is 12.0 Å². The van der Waals surface area contributed by atoms with Crippen LogP contribution in [0.5, 0.6) is 0 Å². The van der Waals surface area contributed by atoms with Gasteiger partial charge in [0.2, 0.25) is 0 Å². The molecule has 2 aromatic heterocycles. The van der Waals surface area contributed by atoms with Gasteiger partial charge in [0, 0.05) is 25.7 Å². The van der Waals surface area contributed by atoms with Crippen molar-refractivity contribution in [3.63, 3.8) is 0 Å². The van der Waals surface area contributed by atoms with E-state index in [9.17, 15) is 0 Å². The SMILES string of the molecule is CNc1cccc(CN(C)Cc2ccoc2C)n1. The van der Waals surface area contributed by atoms with Crippen molar-refractivity contribution in [1.29, 1.82) is 0 Å². The number of hydrogen-bond acceptors (Lipinski definition) is 4. The first-order valence-corrected chi connectivity index (χ1v) is 6.04. The molecule has 0 aliphatic carbocycles. The van der Waals surface area contributed by atoms with E-state index in [1.165, 1.54) is 5.56 Å². The lowest BCUT2D eigenvalue weighted by molar-refractivity contribution is 0.312. The molecule has 0 bridgehead atoms. The molecule has 2 aromatic rings. The highest BCUT2D eigenvalue weighted by atomic mass is 16.3. The zero-order valence-corrected chi connectivity index (χ0v) is 11.1. The third-order valence-electron chi connectivity index (χ3n) is 2.90. The molecule has 0 aromatic carbocycles. The highest BCUT2D eigenvalue weighted by Gasteiger charge is 2.07. The van der Waals surface area contributed by atoms with E-state index < -0.39 is 0 Å². The molecule has 0 fully saturated rings. The minimum Gasteiger partial charge on any atom is -0.469 e. The monoisotopic (exact) mass is 245 g/mol. The van der Waals surface area contributed by atoms with Crippen molar-refractivity contribution < 1.29 is 4.42 Å². The summed E-state index contributed by atoms with van der Waals surface area (Å²) in [6, 6.07) is 8.04. The quantitative estimate of drug-likeness (QED) is 0.879. The van der Waals surface area contributed by atoms with Crippen LogP contribution in [-0.4, -0.2) is 24.0 Å². The largest absolute Gasteiger partial charge is 0.469 e. The molecule has 0 unspecified atom stereocenters. The Bertz CT molecular complexity index is 507. The summed E-state index contributed by atoms with van der Waals surface area (Å²) in [4.78, 5) is 6.73. The minimum atomic E-state index is 0.820. The Hall–Kier alpha value is -1.81. The van der Waals surface area contributed by atoms with Gasteiger partial charge in [-0.1, -0.05) is 6.07 Å². The lowest BCUT2D eigenvalue weighted by Gasteiger charge is -2.16. The van der Waals surface area contributed by atoms with Gasteiger partial charge in [-0.25, -0.2) is 4.98 Å². The molecule has 4 heteroatoms. The van der Waals surface area contributed by atoms with Gasteiger partial charge in [0.15, 0.2) is 0 Å². The lowest BCUT2D eigenvalue weighted by Crippen LogP contribution is -2.18. The standard InChI is InChI=1S/C14H19N3O/c1-11-12(7-8-18-11)9-17(3)10-13-5-4-6-14(15-2)16-13/h4-8H,9-10H2,1-3H3,(H,15,16). The van der Waals surface area contributed by atoms with Crippen molar-refractivity contribution >= 4 is 5.82 Å². The summed E-state index contributed by atoms with van der Waals surface area (Å²) in [6.45, 7) is 3.68. The number of hydrogen-bond donors (Lipinski definition) is 1. The first kappa shape index (κ1) is 12.6. The molecule has 2 heterocycles. The summed E-state index contributed by atoms with van der Waals surface area (Å²) in [5.74, 6) is 1.89. The predicted octanol–water partition coefficient (Wildman–Crippen LogP) is 2.66. The van der Waals surface area contributed by atoms with Crippen LogP contribution in [0.1, 0.15) is 17.0 Å². The molecule has 0 saturated carbocycles. The maximum Gasteiger partial charge on any atom is 0.126 e. The molecular formula is C14H19N3O. The van der Waals surface area contributed by atoms with E-state index in [0.29, 0.717) is 0 Å². The van der Waals surface area contributed by atoms with Crippen LogP contribution in [0.15, 0.2) is 34.9 Å². The van der Waals surface area contributed by atoms with E-state index in [2.05, 4.69) is 22.2 Å². The number of aromatic nitrogens is 1. The number of furan rings is 1. The van der Waals surface area contributed by atoms with E-state index in [-0.39, 0.29) is 0 Å². The maximum absolute atomic E-state index is 5.30. The average Bonchev–Trinajstić information content (AvgIpc) is 2.75. The van der Waals surface area contributed by atoms with Crippen molar-refractivity contribution in [3.8, 4) is 0 Å². The Kier molecular flexibility index (Phi) is 3.99. The molecule has 0 saturated heterocycles. The number of nitrogens with one attached hydrogen (secondary N) is 1. The Morgan fingerprint density at radius 2 is 2.11 bits per heavy atom. The van der Waals surface area contributed by atoms with Crippen LogP contribution in [0.25, 0.3) is 0 Å². The van der Waals surface area contributed by atoms with Gasteiger partial charge in [0.1, 0.15) is 11.6 Å². The van der Waals surface area contributed by atoms with Crippen LogP contribution >= 0.6 is 0 Å². The summed E-state index contributed by atoms with van der Waals surface area (Å²) >= 11 is 0. The zero-order chi connectivity index (χ0) is 13.0. The van der Waals surface area contributed by atoms with E-state index in [4.69, 9.17) is 4.42 Å². The van der Waals surface area contributed by atoms with Crippen LogP contribution in [0.4, 0.5) is 5.82 Å². The van der Waals surface area contributed by atoms with Crippen LogP contribution in [0.2, 0.25) is 0 Å². The van der Waals surface area contributed by atoms with Crippen molar-refractivity contribution in [2.75, 3.05) is 19.4 Å². The molecule has 4 nitrogen and oxygen atoms in total. The van der Waals surface area contributed by atoms with Crippen molar-refractivity contribution in [2.45, 2.75) is 20.0 Å². The highest BCUT2D eigenvalue weighted by molar-refractivity contribution is 5.34. The topological polar surface area (TPSA) is 41.3 Å². The summed E-state index contributed by atoms with van der Waals surface area (Å²) in [5.41, 5.74) is 2.28. The predicted molar refractivity (Wildman–Crippen MR) is 72.4 cm³/mol. The Morgan fingerprint density at radius 3 is 2.78 bits per heavy atom. The van der Waals surface area contributed by atoms with Gasteiger partial charge in [-0.15, -0.1) is 0 Å². The second-order valence-electron chi connectivity index (χ2n) is 4.44. The van der Waals surface area contributed by atoms with Crippen molar-refractivity contribution in [1.82, 2.24) is 9.88 Å². The summed E-state index contributed by atoms with van der Waals surface area (Å²) < 4.78 is 5.30. The normalized spacial score (nSPS) is 10.9. The Balaban J connectivity index is 1.98. The first-order chi connectivity index (χ1) is 8.69. The molecule has 0 aliphatic rings. The fourth-order valence-corrected chi connectivity index (χ4v) is 1.91. The van der Waals surface area contributed by atoms with Gasteiger partial charge in [-0.05, 0) is 32.2 Å². The third kappa shape index (κ3) is 3.11. The van der Waals surface area contributed by atoms with Crippen molar-refractivity contribution in [3.05, 3.63) is 47.5 Å². The van der Waals surface area contributed by atoms with E-state index in [0.717, 1.165) is 30.4 Å². The van der Waals surface area contributed by atoms with Crippen LogP contribution < -0.4 is 5.32 Å². The molecule has 0 radical (unpaired) electrons. The first-order valence-electron chi connectivity index (χ1n) is 6.04.